The molecule has 0 fully saturated rings. The summed E-state index contributed by atoms with van der Waals surface area (Å²) in [5.74, 6) is 0. The molecule has 0 saturated carbocycles. The predicted molar refractivity (Wildman–Crippen MR) is 83.9 cm³/mol. The van der Waals surface area contributed by atoms with Crippen LogP contribution in [0.25, 0.3) is 0 Å². The third kappa shape index (κ3) is 3.71. The maximum atomic E-state index is 6.02. The molecule has 1 heterocycles. The zero-order valence-corrected chi connectivity index (χ0v) is 14.1. The van der Waals surface area contributed by atoms with Crippen LogP contribution in [0.5, 0.6) is 0 Å². The maximum Gasteiger partial charge on any atom is 0.0887 e. The van der Waals surface area contributed by atoms with Gasteiger partial charge in [-0.2, -0.15) is 0 Å². The summed E-state index contributed by atoms with van der Waals surface area (Å²) in [6, 6.07) is 9.90. The number of halogens is 4. The van der Waals surface area contributed by atoms with Crippen LogP contribution in [-0.4, -0.2) is 0 Å². The molecule has 0 nitrogen and oxygen atoms in total. The van der Waals surface area contributed by atoms with Gasteiger partial charge in [0.1, 0.15) is 0 Å². The summed E-state index contributed by atoms with van der Waals surface area (Å²) in [6.45, 7) is 0. The van der Waals surface area contributed by atoms with Gasteiger partial charge in [0.25, 0.3) is 0 Å². The molecule has 1 aromatic heterocycles. The molecule has 0 N–H and O–H groups in total. The first-order valence-corrected chi connectivity index (χ1v) is 8.17. The van der Waals surface area contributed by atoms with Gasteiger partial charge in [-0.25, -0.2) is 0 Å². The van der Waals surface area contributed by atoms with E-state index in [-0.39, 0.29) is 4.83 Å². The topological polar surface area (TPSA) is 0 Å². The first-order chi connectivity index (χ1) is 8.06. The van der Waals surface area contributed by atoms with E-state index in [1.54, 1.807) is 11.3 Å². The summed E-state index contributed by atoms with van der Waals surface area (Å²) >= 11 is 20.6. The van der Waals surface area contributed by atoms with Crippen LogP contribution in [-0.2, 0) is 6.42 Å². The van der Waals surface area contributed by atoms with E-state index in [2.05, 4.69) is 31.9 Å². The van der Waals surface area contributed by atoms with Gasteiger partial charge in [-0.05, 0) is 46.1 Å². The summed E-state index contributed by atoms with van der Waals surface area (Å²) in [7, 11) is 0. The molecule has 17 heavy (non-hydrogen) atoms. The highest BCUT2D eigenvalue weighted by Crippen LogP contribution is 2.39. The Bertz CT molecular complexity index is 488. The fraction of sp³-hybridized carbons (Fsp3) is 0.167. The molecule has 0 bridgehead atoms. The minimum atomic E-state index is 0.275. The Morgan fingerprint density at radius 2 is 1.82 bits per heavy atom. The number of thiophene rings is 1. The number of hydrogen-bond acceptors (Lipinski definition) is 1. The van der Waals surface area contributed by atoms with E-state index in [1.165, 1.54) is 10.4 Å². The highest BCUT2D eigenvalue weighted by atomic mass is 79.9. The summed E-state index contributed by atoms with van der Waals surface area (Å²) in [5.41, 5.74) is 1.25. The molecule has 1 aromatic carbocycles. The van der Waals surface area contributed by atoms with E-state index in [1.807, 2.05) is 30.3 Å². The first kappa shape index (κ1) is 13.9. The van der Waals surface area contributed by atoms with Gasteiger partial charge in [-0.3, -0.25) is 0 Å². The van der Waals surface area contributed by atoms with Gasteiger partial charge in [-0.1, -0.05) is 51.3 Å². The Morgan fingerprint density at radius 3 is 2.35 bits per heavy atom. The van der Waals surface area contributed by atoms with Crippen LogP contribution >= 0.6 is 66.4 Å². The third-order valence-corrected chi connectivity index (χ3v) is 6.26. The number of rotatable bonds is 3. The second-order valence-corrected chi connectivity index (χ2v) is 7.92. The second kappa shape index (κ2) is 6.07. The van der Waals surface area contributed by atoms with Crippen LogP contribution in [0.1, 0.15) is 15.3 Å². The number of alkyl halides is 1. The maximum absolute atomic E-state index is 6.02. The number of hydrogen-bond donors (Lipinski definition) is 0. The molecule has 2 rings (SSSR count). The number of benzene rings is 1. The molecule has 2 aromatic rings. The van der Waals surface area contributed by atoms with Crippen molar-refractivity contribution >= 4 is 66.4 Å². The normalized spacial score (nSPS) is 12.7. The van der Waals surface area contributed by atoms with E-state index >= 15 is 0 Å². The van der Waals surface area contributed by atoms with E-state index in [0.29, 0.717) is 0 Å². The van der Waals surface area contributed by atoms with Crippen LogP contribution in [0.4, 0.5) is 0 Å². The zero-order chi connectivity index (χ0) is 12.4. The Labute approximate surface area is 131 Å². The molecule has 0 radical (unpaired) electrons. The Balaban J connectivity index is 2.11. The summed E-state index contributed by atoms with van der Waals surface area (Å²) in [4.78, 5) is 1.49. The van der Waals surface area contributed by atoms with Gasteiger partial charge >= 0.3 is 0 Å². The lowest BCUT2D eigenvalue weighted by atomic mass is 10.1. The van der Waals surface area contributed by atoms with Crippen molar-refractivity contribution < 1.29 is 0 Å². The Hall–Kier alpha value is 0.460. The second-order valence-electron chi connectivity index (χ2n) is 3.57. The molecule has 0 amide bonds. The van der Waals surface area contributed by atoms with Crippen molar-refractivity contribution in [2.45, 2.75) is 11.2 Å². The van der Waals surface area contributed by atoms with Crippen molar-refractivity contribution in [3.05, 3.63) is 54.6 Å². The molecule has 0 saturated heterocycles. The van der Waals surface area contributed by atoms with Crippen LogP contribution in [0, 0.1) is 0 Å². The van der Waals surface area contributed by atoms with E-state index in [4.69, 9.17) is 23.2 Å². The molecule has 5 heteroatoms. The molecule has 0 aliphatic heterocycles. The zero-order valence-electron chi connectivity index (χ0n) is 8.59. The first-order valence-electron chi connectivity index (χ1n) is 4.89. The van der Waals surface area contributed by atoms with Crippen molar-refractivity contribution in [2.24, 2.45) is 0 Å². The third-order valence-electron chi connectivity index (χ3n) is 2.30. The van der Waals surface area contributed by atoms with Crippen molar-refractivity contribution in [3.63, 3.8) is 0 Å². The van der Waals surface area contributed by atoms with Crippen LogP contribution in [0.2, 0.25) is 10.0 Å². The van der Waals surface area contributed by atoms with Crippen molar-refractivity contribution in [3.8, 4) is 0 Å². The lowest BCUT2D eigenvalue weighted by Crippen LogP contribution is -1.92. The molecular formula is C12H8Br2Cl2S. The standard InChI is InChI=1S/C12H8Br2Cl2S/c13-9(11-6-10(16)12(14)17-11)5-7-1-3-8(15)4-2-7/h1-4,6,9H,5H2. The van der Waals surface area contributed by atoms with Crippen LogP contribution < -0.4 is 0 Å². The molecule has 1 unspecified atom stereocenters. The fourth-order valence-electron chi connectivity index (χ4n) is 1.45. The molecule has 90 valence electrons. The summed E-state index contributed by atoms with van der Waals surface area (Å²) < 4.78 is 0.981. The highest BCUT2D eigenvalue weighted by molar-refractivity contribution is 9.11. The molecule has 1 atom stereocenters. The minimum absolute atomic E-state index is 0.275. The van der Waals surface area contributed by atoms with Gasteiger partial charge in [0.15, 0.2) is 0 Å². The fourth-order valence-corrected chi connectivity index (χ4v) is 4.08. The summed E-state index contributed by atoms with van der Waals surface area (Å²) in [5, 5.41) is 1.53. The van der Waals surface area contributed by atoms with E-state index in [0.717, 1.165) is 20.3 Å². The van der Waals surface area contributed by atoms with Crippen LogP contribution in [0.3, 0.4) is 0 Å². The van der Waals surface area contributed by atoms with Crippen LogP contribution in [0.15, 0.2) is 34.1 Å². The SMILES string of the molecule is Clc1ccc(CC(Br)c2cc(Cl)c(Br)s2)cc1. The lowest BCUT2D eigenvalue weighted by molar-refractivity contribution is 0.970. The summed E-state index contributed by atoms with van der Waals surface area (Å²) in [6.07, 6.45) is 0.917. The van der Waals surface area contributed by atoms with Gasteiger partial charge in [0.2, 0.25) is 0 Å². The molecular weight excluding hydrogens is 407 g/mol. The largest absolute Gasteiger partial charge is 0.130 e. The van der Waals surface area contributed by atoms with Crippen molar-refractivity contribution in [2.75, 3.05) is 0 Å². The average Bonchev–Trinajstić information content (AvgIpc) is 2.63. The van der Waals surface area contributed by atoms with Crippen molar-refractivity contribution in [1.82, 2.24) is 0 Å². The quantitative estimate of drug-likeness (QED) is 0.503. The molecule has 0 aliphatic carbocycles. The van der Waals surface area contributed by atoms with Gasteiger partial charge in [-0.15, -0.1) is 11.3 Å². The smallest absolute Gasteiger partial charge is 0.0887 e. The monoisotopic (exact) mass is 412 g/mol. The van der Waals surface area contributed by atoms with E-state index in [9.17, 15) is 0 Å². The Kier molecular flexibility index (Phi) is 4.96. The van der Waals surface area contributed by atoms with Gasteiger partial charge < -0.3 is 0 Å². The Morgan fingerprint density at radius 1 is 1.18 bits per heavy atom. The lowest BCUT2D eigenvalue weighted by Gasteiger charge is -2.07. The molecule has 0 aliphatic rings. The highest BCUT2D eigenvalue weighted by Gasteiger charge is 2.13. The van der Waals surface area contributed by atoms with Gasteiger partial charge in [0.05, 0.1) is 13.6 Å². The molecule has 0 spiro atoms. The minimum Gasteiger partial charge on any atom is -0.130 e. The average molecular weight is 415 g/mol. The predicted octanol–water partition coefficient (Wildman–Crippen LogP) is 6.50. The van der Waals surface area contributed by atoms with Crippen molar-refractivity contribution in [1.29, 1.82) is 0 Å². The van der Waals surface area contributed by atoms with E-state index < -0.39 is 0 Å². The van der Waals surface area contributed by atoms with Gasteiger partial charge in [0, 0.05) is 9.90 Å².